The van der Waals surface area contributed by atoms with Crippen LogP contribution in [-0.4, -0.2) is 106 Å². The van der Waals surface area contributed by atoms with Crippen LogP contribution in [0.5, 0.6) is 0 Å². The van der Waals surface area contributed by atoms with E-state index < -0.39 is 16.8 Å². The van der Waals surface area contributed by atoms with Crippen LogP contribution in [0, 0.1) is 17.8 Å². The molecular formula is C27H57N3O3. The molecule has 0 amide bonds. The van der Waals surface area contributed by atoms with Crippen molar-refractivity contribution in [3.8, 4) is 0 Å². The van der Waals surface area contributed by atoms with Gasteiger partial charge in [-0.25, -0.2) is 0 Å². The molecule has 0 aliphatic carbocycles. The fraction of sp³-hybridized carbons (Fsp3) is 1.00. The van der Waals surface area contributed by atoms with Gasteiger partial charge in [0.15, 0.2) is 0 Å². The minimum atomic E-state index is -0.701. The van der Waals surface area contributed by atoms with E-state index >= 15 is 0 Å². The summed E-state index contributed by atoms with van der Waals surface area (Å²) in [5.41, 5.74) is -2.10. The Bertz CT molecular complexity index is 471. The molecule has 1 heterocycles. The summed E-state index contributed by atoms with van der Waals surface area (Å²) >= 11 is 0. The number of hydrogen-bond donors (Lipinski definition) is 3. The van der Waals surface area contributed by atoms with Crippen molar-refractivity contribution in [2.45, 2.75) is 98.4 Å². The minimum absolute atomic E-state index is 0.194. The summed E-state index contributed by atoms with van der Waals surface area (Å²) in [6.45, 7) is 26.1. The number of rotatable bonds is 12. The van der Waals surface area contributed by atoms with Gasteiger partial charge >= 0.3 is 0 Å². The van der Waals surface area contributed by atoms with Crippen molar-refractivity contribution in [3.05, 3.63) is 0 Å². The second kappa shape index (κ2) is 13.2. The predicted molar refractivity (Wildman–Crippen MR) is 140 cm³/mol. The van der Waals surface area contributed by atoms with Gasteiger partial charge < -0.3 is 15.3 Å². The smallest absolute Gasteiger partial charge is 0.0794 e. The van der Waals surface area contributed by atoms with Crippen LogP contribution in [0.1, 0.15) is 81.6 Å². The van der Waals surface area contributed by atoms with Crippen molar-refractivity contribution in [1.82, 2.24) is 14.7 Å². The van der Waals surface area contributed by atoms with Gasteiger partial charge in [0.25, 0.3) is 0 Å². The van der Waals surface area contributed by atoms with E-state index in [9.17, 15) is 15.3 Å². The Hall–Kier alpha value is -0.240. The number of hydrogen-bond acceptors (Lipinski definition) is 6. The third kappa shape index (κ3) is 8.73. The standard InChI is InChI=1S/C27H57N3O3/c1-10-25(31,22(4)5)19-28-13-15-29(20-26(32,11-2)23(6)7)17-18-30(16-14-28)21-27(33,12-3)24(8)9/h22-24,31-33H,10-21H2,1-9H3. The van der Waals surface area contributed by atoms with Gasteiger partial charge in [-0.05, 0) is 37.0 Å². The Morgan fingerprint density at radius 2 is 0.667 bits per heavy atom. The largest absolute Gasteiger partial charge is 0.388 e. The molecule has 0 radical (unpaired) electrons. The zero-order chi connectivity index (χ0) is 25.4. The highest BCUT2D eigenvalue weighted by Crippen LogP contribution is 2.26. The van der Waals surface area contributed by atoms with Crippen molar-refractivity contribution in [2.24, 2.45) is 17.8 Å². The van der Waals surface area contributed by atoms with Crippen LogP contribution >= 0.6 is 0 Å². The molecule has 3 atom stereocenters. The van der Waals surface area contributed by atoms with E-state index in [1.165, 1.54) is 0 Å². The van der Waals surface area contributed by atoms with E-state index in [2.05, 4.69) is 77.0 Å². The molecule has 3 unspecified atom stereocenters. The van der Waals surface area contributed by atoms with Gasteiger partial charge in [0.2, 0.25) is 0 Å². The van der Waals surface area contributed by atoms with Crippen LogP contribution in [-0.2, 0) is 0 Å². The van der Waals surface area contributed by atoms with Gasteiger partial charge in [-0.1, -0.05) is 62.3 Å². The molecule has 1 aliphatic heterocycles. The van der Waals surface area contributed by atoms with Gasteiger partial charge in [-0.15, -0.1) is 0 Å². The molecule has 6 nitrogen and oxygen atoms in total. The molecule has 1 rings (SSSR count). The molecule has 0 aromatic carbocycles. The Morgan fingerprint density at radius 3 is 0.788 bits per heavy atom. The van der Waals surface area contributed by atoms with Crippen molar-refractivity contribution in [2.75, 3.05) is 58.9 Å². The maximum absolute atomic E-state index is 11.3. The molecule has 33 heavy (non-hydrogen) atoms. The fourth-order valence-electron chi connectivity index (χ4n) is 4.93. The first-order valence-electron chi connectivity index (χ1n) is 13.6. The monoisotopic (exact) mass is 471 g/mol. The summed E-state index contributed by atoms with van der Waals surface area (Å²) in [7, 11) is 0. The van der Waals surface area contributed by atoms with E-state index in [4.69, 9.17) is 0 Å². The second-order valence-electron chi connectivity index (χ2n) is 11.7. The molecule has 0 spiro atoms. The maximum atomic E-state index is 11.3. The second-order valence-corrected chi connectivity index (χ2v) is 11.7. The molecule has 1 aliphatic rings. The van der Waals surface area contributed by atoms with Gasteiger partial charge in [0.1, 0.15) is 0 Å². The fourth-order valence-corrected chi connectivity index (χ4v) is 4.93. The lowest BCUT2D eigenvalue weighted by atomic mass is 9.87. The molecule has 0 bridgehead atoms. The van der Waals surface area contributed by atoms with Crippen LogP contribution in [0.2, 0.25) is 0 Å². The summed E-state index contributed by atoms with van der Waals surface area (Å²) in [4.78, 5) is 7.20. The Morgan fingerprint density at radius 1 is 0.485 bits per heavy atom. The molecule has 198 valence electrons. The third-order valence-corrected chi connectivity index (χ3v) is 8.75. The van der Waals surface area contributed by atoms with Crippen LogP contribution in [0.3, 0.4) is 0 Å². The van der Waals surface area contributed by atoms with Gasteiger partial charge in [-0.2, -0.15) is 0 Å². The SMILES string of the molecule is CCC(O)(CN1CCN(CC(O)(CC)C(C)C)CCN(CC(O)(CC)C(C)C)CC1)C(C)C. The lowest BCUT2D eigenvalue weighted by Gasteiger charge is -2.39. The molecule has 0 aromatic rings. The summed E-state index contributed by atoms with van der Waals surface area (Å²) in [5, 5.41) is 33.8. The number of aliphatic hydroxyl groups is 3. The molecule has 6 heteroatoms. The molecule has 0 aromatic heterocycles. The summed E-state index contributed by atoms with van der Waals surface area (Å²) < 4.78 is 0. The first-order valence-corrected chi connectivity index (χ1v) is 13.6. The molecule has 0 saturated carbocycles. The molecule has 1 saturated heterocycles. The maximum Gasteiger partial charge on any atom is 0.0794 e. The quantitative estimate of drug-likeness (QED) is 0.406. The van der Waals surface area contributed by atoms with Crippen LogP contribution in [0.25, 0.3) is 0 Å². The topological polar surface area (TPSA) is 70.4 Å². The molecular weight excluding hydrogens is 414 g/mol. The van der Waals surface area contributed by atoms with Gasteiger partial charge in [0, 0.05) is 58.9 Å². The predicted octanol–water partition coefficient (Wildman–Crippen LogP) is 3.30. The normalized spacial score (nSPS) is 23.7. The zero-order valence-corrected chi connectivity index (χ0v) is 23.4. The lowest BCUT2D eigenvalue weighted by molar-refractivity contribution is -0.0477. The van der Waals surface area contributed by atoms with Crippen molar-refractivity contribution < 1.29 is 15.3 Å². The van der Waals surface area contributed by atoms with E-state index in [0.717, 1.165) is 58.5 Å². The van der Waals surface area contributed by atoms with Crippen LogP contribution in [0.15, 0.2) is 0 Å². The van der Waals surface area contributed by atoms with Crippen molar-refractivity contribution in [1.29, 1.82) is 0 Å². The van der Waals surface area contributed by atoms with E-state index in [-0.39, 0.29) is 17.8 Å². The highest BCUT2D eigenvalue weighted by atomic mass is 16.3. The van der Waals surface area contributed by atoms with E-state index in [1.807, 2.05) is 0 Å². The molecule has 3 N–H and O–H groups in total. The first-order chi connectivity index (χ1) is 15.2. The first kappa shape index (κ1) is 30.8. The summed E-state index contributed by atoms with van der Waals surface area (Å²) in [6, 6.07) is 0. The van der Waals surface area contributed by atoms with E-state index in [1.54, 1.807) is 0 Å². The minimum Gasteiger partial charge on any atom is -0.388 e. The Balaban J connectivity index is 3.11. The Kier molecular flexibility index (Phi) is 12.3. The lowest BCUT2D eigenvalue weighted by Crippen LogP contribution is -2.51. The van der Waals surface area contributed by atoms with Crippen LogP contribution < -0.4 is 0 Å². The summed E-state index contributed by atoms with van der Waals surface area (Å²) in [6.07, 6.45) is 2.21. The number of nitrogens with zero attached hydrogens (tertiary/aromatic N) is 3. The third-order valence-electron chi connectivity index (χ3n) is 8.75. The summed E-state index contributed by atoms with van der Waals surface area (Å²) in [5.74, 6) is 0.582. The number of β-amino-alcohol motifs (C(OH)–C–C–N with tert-alkyl or cyclic N) is 3. The van der Waals surface area contributed by atoms with Gasteiger partial charge in [-0.3, -0.25) is 14.7 Å². The van der Waals surface area contributed by atoms with Crippen LogP contribution in [0.4, 0.5) is 0 Å². The highest BCUT2D eigenvalue weighted by Gasteiger charge is 2.36. The van der Waals surface area contributed by atoms with Gasteiger partial charge in [0.05, 0.1) is 16.8 Å². The average Bonchev–Trinajstić information content (AvgIpc) is 2.85. The highest BCUT2D eigenvalue weighted by molar-refractivity contribution is 4.90. The average molecular weight is 472 g/mol. The van der Waals surface area contributed by atoms with Crippen molar-refractivity contribution in [3.63, 3.8) is 0 Å². The zero-order valence-electron chi connectivity index (χ0n) is 23.4. The van der Waals surface area contributed by atoms with Crippen molar-refractivity contribution >= 4 is 0 Å². The molecule has 1 fully saturated rings. The van der Waals surface area contributed by atoms with E-state index in [0.29, 0.717) is 19.6 Å². The Labute approximate surface area is 205 Å².